The van der Waals surface area contributed by atoms with Crippen molar-refractivity contribution in [1.29, 1.82) is 0 Å². The summed E-state index contributed by atoms with van der Waals surface area (Å²) in [6.07, 6.45) is 3.73. The average Bonchev–Trinajstić information content (AvgIpc) is 2.88. The van der Waals surface area contributed by atoms with Crippen LogP contribution in [0.2, 0.25) is 0 Å². The Morgan fingerprint density at radius 1 is 1.11 bits per heavy atom. The summed E-state index contributed by atoms with van der Waals surface area (Å²) in [5, 5.41) is 0. The van der Waals surface area contributed by atoms with Crippen molar-refractivity contribution in [3.05, 3.63) is 67.8 Å². The predicted molar refractivity (Wildman–Crippen MR) is 88.4 cm³/mol. The van der Waals surface area contributed by atoms with Gasteiger partial charge in [-0.15, -0.1) is 0 Å². The van der Waals surface area contributed by atoms with Gasteiger partial charge in [-0.3, -0.25) is 0 Å². The van der Waals surface area contributed by atoms with Gasteiger partial charge in [0.15, 0.2) is 0 Å². The van der Waals surface area contributed by atoms with E-state index in [4.69, 9.17) is 5.73 Å². The van der Waals surface area contributed by atoms with E-state index in [1.54, 1.807) is 0 Å². The first-order valence-corrected chi connectivity index (χ1v) is 7.87. The molecule has 0 spiro atoms. The Bertz CT molecular complexity index is 619. The first-order chi connectivity index (χ1) is 9.16. The maximum atomic E-state index is 6.48. The van der Waals surface area contributed by atoms with Gasteiger partial charge in [-0.05, 0) is 76.6 Å². The summed E-state index contributed by atoms with van der Waals surface area (Å²) in [7, 11) is 0. The Hall–Kier alpha value is -0.870. The molecule has 0 saturated carbocycles. The second-order valence-corrected chi connectivity index (χ2v) is 6.42. The molecule has 0 bridgehead atoms. The summed E-state index contributed by atoms with van der Waals surface area (Å²) in [5.74, 6) is 0. The van der Waals surface area contributed by atoms with E-state index in [9.17, 15) is 0 Å². The van der Waals surface area contributed by atoms with Crippen molar-refractivity contribution in [3.63, 3.8) is 0 Å². The minimum absolute atomic E-state index is 0.0160. The van der Waals surface area contributed by atoms with E-state index < -0.39 is 0 Å². The molecule has 1 aliphatic rings. The van der Waals surface area contributed by atoms with Gasteiger partial charge >= 0.3 is 0 Å². The third-order valence-electron chi connectivity index (χ3n) is 4.04. The van der Waals surface area contributed by atoms with Crippen LogP contribution in [0.4, 0.5) is 0 Å². The highest BCUT2D eigenvalue weighted by molar-refractivity contribution is 14.1. The van der Waals surface area contributed by atoms with Crippen LogP contribution in [-0.4, -0.2) is 0 Å². The summed E-state index contributed by atoms with van der Waals surface area (Å²) in [5.41, 5.74) is 13.3. The molecular formula is C17H18IN. The lowest BCUT2D eigenvalue weighted by atomic mass is 9.95. The van der Waals surface area contributed by atoms with Crippen LogP contribution in [0.15, 0.2) is 36.4 Å². The lowest BCUT2D eigenvalue weighted by Gasteiger charge is -2.17. The van der Waals surface area contributed by atoms with Crippen molar-refractivity contribution in [2.24, 2.45) is 5.73 Å². The van der Waals surface area contributed by atoms with Gasteiger partial charge in [-0.25, -0.2) is 0 Å². The molecule has 1 unspecified atom stereocenters. The first kappa shape index (κ1) is 13.1. The van der Waals surface area contributed by atoms with Gasteiger partial charge in [0.05, 0.1) is 6.04 Å². The van der Waals surface area contributed by atoms with E-state index in [2.05, 4.69) is 65.9 Å². The Balaban J connectivity index is 2.00. The van der Waals surface area contributed by atoms with E-state index in [0.29, 0.717) is 0 Å². The lowest BCUT2D eigenvalue weighted by Crippen LogP contribution is -2.14. The zero-order chi connectivity index (χ0) is 13.4. The second-order valence-electron chi connectivity index (χ2n) is 5.34. The molecule has 0 radical (unpaired) electrons. The molecule has 98 valence electrons. The van der Waals surface area contributed by atoms with E-state index in [1.165, 1.54) is 50.6 Å². The van der Waals surface area contributed by atoms with Gasteiger partial charge in [0.1, 0.15) is 0 Å². The number of fused-ring (bicyclic) bond motifs is 1. The van der Waals surface area contributed by atoms with Gasteiger partial charge in [-0.2, -0.15) is 0 Å². The molecule has 1 nitrogen and oxygen atoms in total. The van der Waals surface area contributed by atoms with Crippen LogP contribution in [0.1, 0.15) is 40.3 Å². The maximum absolute atomic E-state index is 6.48. The molecule has 0 aromatic heterocycles. The summed E-state index contributed by atoms with van der Waals surface area (Å²) in [4.78, 5) is 0. The number of nitrogens with two attached hydrogens (primary N) is 1. The van der Waals surface area contributed by atoms with E-state index in [0.717, 1.165) is 0 Å². The molecule has 2 heteroatoms. The monoisotopic (exact) mass is 363 g/mol. The molecule has 0 fully saturated rings. The summed E-state index contributed by atoms with van der Waals surface area (Å²) in [6.45, 7) is 2.14. The fraction of sp³-hybridized carbons (Fsp3) is 0.294. The quantitative estimate of drug-likeness (QED) is 0.798. The molecule has 1 atom stereocenters. The smallest absolute Gasteiger partial charge is 0.0562 e. The number of halogens is 1. The van der Waals surface area contributed by atoms with Crippen LogP contribution in [0.25, 0.3) is 0 Å². The van der Waals surface area contributed by atoms with Crippen LogP contribution >= 0.6 is 22.6 Å². The standard InChI is InChI=1S/C17H18IN/c1-11-4-2-7-15(16(11)18)17(19)14-9-8-12-5-3-6-13(12)10-14/h2,4,7-10,17H,3,5-6,19H2,1H3. The average molecular weight is 363 g/mol. The van der Waals surface area contributed by atoms with Crippen molar-refractivity contribution in [3.8, 4) is 0 Å². The number of benzene rings is 2. The number of hydrogen-bond acceptors (Lipinski definition) is 1. The fourth-order valence-corrected chi connectivity index (χ4v) is 3.57. The van der Waals surface area contributed by atoms with Gasteiger partial charge in [-0.1, -0.05) is 36.4 Å². The van der Waals surface area contributed by atoms with E-state index in [-0.39, 0.29) is 6.04 Å². The van der Waals surface area contributed by atoms with Crippen LogP contribution in [0.3, 0.4) is 0 Å². The Kier molecular flexibility index (Phi) is 3.63. The minimum atomic E-state index is -0.0160. The van der Waals surface area contributed by atoms with Crippen molar-refractivity contribution in [1.82, 2.24) is 0 Å². The minimum Gasteiger partial charge on any atom is -0.320 e. The van der Waals surface area contributed by atoms with Gasteiger partial charge in [0.25, 0.3) is 0 Å². The highest BCUT2D eigenvalue weighted by Crippen LogP contribution is 2.30. The normalized spacial score (nSPS) is 15.3. The van der Waals surface area contributed by atoms with Crippen molar-refractivity contribution >= 4 is 22.6 Å². The van der Waals surface area contributed by atoms with Crippen LogP contribution in [0, 0.1) is 10.5 Å². The van der Waals surface area contributed by atoms with Crippen LogP contribution < -0.4 is 5.73 Å². The molecule has 0 aliphatic heterocycles. The van der Waals surface area contributed by atoms with Crippen molar-refractivity contribution in [2.75, 3.05) is 0 Å². The zero-order valence-corrected chi connectivity index (χ0v) is 13.3. The maximum Gasteiger partial charge on any atom is 0.0562 e. The molecular weight excluding hydrogens is 345 g/mol. The highest BCUT2D eigenvalue weighted by Gasteiger charge is 2.16. The molecule has 3 rings (SSSR count). The molecule has 2 N–H and O–H groups in total. The molecule has 0 saturated heterocycles. The fourth-order valence-electron chi connectivity index (χ4n) is 2.88. The zero-order valence-electron chi connectivity index (χ0n) is 11.1. The third kappa shape index (κ3) is 2.43. The topological polar surface area (TPSA) is 26.0 Å². The van der Waals surface area contributed by atoms with Gasteiger partial charge in [0.2, 0.25) is 0 Å². The van der Waals surface area contributed by atoms with Crippen molar-refractivity contribution in [2.45, 2.75) is 32.2 Å². The number of aryl methyl sites for hydroxylation is 3. The third-order valence-corrected chi connectivity index (χ3v) is 5.51. The van der Waals surface area contributed by atoms with E-state index in [1.807, 2.05) is 0 Å². The Morgan fingerprint density at radius 2 is 1.89 bits per heavy atom. The Labute approximate surface area is 128 Å². The lowest BCUT2D eigenvalue weighted by molar-refractivity contribution is 0.859. The molecule has 1 aliphatic carbocycles. The van der Waals surface area contributed by atoms with Gasteiger partial charge < -0.3 is 5.73 Å². The van der Waals surface area contributed by atoms with Gasteiger partial charge in [0, 0.05) is 3.57 Å². The number of rotatable bonds is 2. The van der Waals surface area contributed by atoms with Crippen molar-refractivity contribution < 1.29 is 0 Å². The Morgan fingerprint density at radius 3 is 2.74 bits per heavy atom. The van der Waals surface area contributed by atoms with Crippen LogP contribution in [-0.2, 0) is 12.8 Å². The molecule has 19 heavy (non-hydrogen) atoms. The summed E-state index contributed by atoms with van der Waals surface area (Å²) < 4.78 is 1.29. The largest absolute Gasteiger partial charge is 0.320 e. The molecule has 2 aromatic carbocycles. The molecule has 0 amide bonds. The van der Waals surface area contributed by atoms with E-state index >= 15 is 0 Å². The summed E-state index contributed by atoms with van der Waals surface area (Å²) >= 11 is 2.40. The molecule has 2 aromatic rings. The number of hydrogen-bond donors (Lipinski definition) is 1. The van der Waals surface area contributed by atoms with Crippen LogP contribution in [0.5, 0.6) is 0 Å². The summed E-state index contributed by atoms with van der Waals surface area (Å²) in [6, 6.07) is 13.1. The highest BCUT2D eigenvalue weighted by atomic mass is 127. The predicted octanol–water partition coefficient (Wildman–Crippen LogP) is 4.14. The molecule has 0 heterocycles. The first-order valence-electron chi connectivity index (χ1n) is 6.79. The second kappa shape index (κ2) is 5.25. The SMILES string of the molecule is Cc1cccc(C(N)c2ccc3c(c2)CCC3)c1I.